The molecule has 5 heteroatoms. The van der Waals surface area contributed by atoms with E-state index in [1.165, 1.54) is 60.3 Å². The van der Waals surface area contributed by atoms with Gasteiger partial charge in [-0.25, -0.2) is 9.97 Å². The Morgan fingerprint density at radius 3 is 2.55 bits per heavy atom. The van der Waals surface area contributed by atoms with Crippen LogP contribution in [0.5, 0.6) is 0 Å². The van der Waals surface area contributed by atoms with E-state index in [0.29, 0.717) is 5.41 Å². The third kappa shape index (κ3) is 3.61. The molecule has 1 N–H and O–H groups in total. The first kappa shape index (κ1) is 18.9. The van der Waals surface area contributed by atoms with Crippen molar-refractivity contribution in [2.24, 2.45) is 11.3 Å². The number of rotatable bonds is 3. The Kier molecular flexibility index (Phi) is 4.73. The summed E-state index contributed by atoms with van der Waals surface area (Å²) in [5, 5.41) is 4.82. The zero-order valence-corrected chi connectivity index (χ0v) is 18.5. The van der Waals surface area contributed by atoms with E-state index in [1.807, 2.05) is 11.3 Å². The van der Waals surface area contributed by atoms with Crippen LogP contribution < -0.4 is 10.2 Å². The molecule has 1 atom stereocenters. The maximum atomic E-state index is 4.62. The molecule has 3 aromatic rings. The number of aromatic nitrogens is 2. The van der Waals surface area contributed by atoms with Gasteiger partial charge in [-0.2, -0.15) is 0 Å². The van der Waals surface area contributed by atoms with E-state index in [1.54, 1.807) is 6.33 Å². The van der Waals surface area contributed by atoms with Crippen molar-refractivity contribution in [3.05, 3.63) is 41.0 Å². The summed E-state index contributed by atoms with van der Waals surface area (Å²) in [6.45, 7) is 9.46. The van der Waals surface area contributed by atoms with Gasteiger partial charge in [0.05, 0.1) is 5.39 Å². The smallest absolute Gasteiger partial charge is 0.142 e. The molecule has 1 saturated heterocycles. The predicted molar refractivity (Wildman–Crippen MR) is 124 cm³/mol. The monoisotopic (exact) mass is 406 g/mol. The summed E-state index contributed by atoms with van der Waals surface area (Å²) in [5.74, 6) is 1.70. The number of hydrogen-bond acceptors (Lipinski definition) is 5. The van der Waals surface area contributed by atoms with Crippen molar-refractivity contribution >= 4 is 38.7 Å². The summed E-state index contributed by atoms with van der Waals surface area (Å²) in [7, 11) is 0. The van der Waals surface area contributed by atoms with Gasteiger partial charge >= 0.3 is 0 Å². The van der Waals surface area contributed by atoms with Crippen LogP contribution in [-0.2, 0) is 12.8 Å². The molecule has 0 radical (unpaired) electrons. The van der Waals surface area contributed by atoms with Gasteiger partial charge in [0.2, 0.25) is 0 Å². The second-order valence-electron chi connectivity index (χ2n) is 9.58. The van der Waals surface area contributed by atoms with Crippen LogP contribution in [0.3, 0.4) is 0 Å². The SMILES string of the molecule is CC(C)(C)C1CCc2c(sc3ncnc(Nc4ccc(N5CCCC5)cc4)c23)C1. The Bertz CT molecular complexity index is 1010. The zero-order valence-electron chi connectivity index (χ0n) is 17.7. The Balaban J connectivity index is 1.43. The molecule has 1 aliphatic carbocycles. The molecule has 1 fully saturated rings. The Morgan fingerprint density at radius 2 is 1.83 bits per heavy atom. The second-order valence-corrected chi connectivity index (χ2v) is 10.7. The number of aryl methyl sites for hydroxylation is 1. The fourth-order valence-corrected chi connectivity index (χ4v) is 6.08. The first-order valence-electron chi connectivity index (χ1n) is 10.9. The highest BCUT2D eigenvalue weighted by Crippen LogP contribution is 2.44. The van der Waals surface area contributed by atoms with Crippen molar-refractivity contribution in [1.29, 1.82) is 0 Å². The lowest BCUT2D eigenvalue weighted by atomic mass is 9.72. The van der Waals surface area contributed by atoms with Crippen LogP contribution in [0.25, 0.3) is 10.2 Å². The summed E-state index contributed by atoms with van der Waals surface area (Å²) >= 11 is 1.87. The van der Waals surface area contributed by atoms with Crippen molar-refractivity contribution in [1.82, 2.24) is 9.97 Å². The van der Waals surface area contributed by atoms with Gasteiger partial charge in [-0.15, -0.1) is 11.3 Å². The summed E-state index contributed by atoms with van der Waals surface area (Å²) in [6.07, 6.45) is 7.86. The normalized spacial score (nSPS) is 19.6. The Morgan fingerprint density at radius 1 is 1.07 bits per heavy atom. The number of anilines is 3. The molecular weight excluding hydrogens is 376 g/mol. The minimum absolute atomic E-state index is 0.359. The van der Waals surface area contributed by atoms with Crippen molar-refractivity contribution in [3.8, 4) is 0 Å². The number of thiophene rings is 1. The molecule has 29 heavy (non-hydrogen) atoms. The van der Waals surface area contributed by atoms with Crippen LogP contribution in [0.15, 0.2) is 30.6 Å². The third-order valence-corrected chi connectivity index (χ3v) is 7.83. The van der Waals surface area contributed by atoms with Gasteiger partial charge in [-0.1, -0.05) is 20.8 Å². The molecule has 2 aliphatic rings. The maximum Gasteiger partial charge on any atom is 0.142 e. The molecule has 1 aromatic carbocycles. The van der Waals surface area contributed by atoms with Crippen molar-refractivity contribution in [2.75, 3.05) is 23.3 Å². The summed E-state index contributed by atoms with van der Waals surface area (Å²) < 4.78 is 0. The average molecular weight is 407 g/mol. The van der Waals surface area contributed by atoms with Crippen molar-refractivity contribution in [3.63, 3.8) is 0 Å². The molecule has 4 nitrogen and oxygen atoms in total. The number of hydrogen-bond donors (Lipinski definition) is 1. The van der Waals surface area contributed by atoms with Crippen LogP contribution in [-0.4, -0.2) is 23.1 Å². The lowest BCUT2D eigenvalue weighted by Gasteiger charge is -2.33. The van der Waals surface area contributed by atoms with Gasteiger partial charge in [-0.3, -0.25) is 0 Å². The van der Waals surface area contributed by atoms with Crippen molar-refractivity contribution in [2.45, 2.75) is 52.9 Å². The topological polar surface area (TPSA) is 41.1 Å². The number of nitrogens with zero attached hydrogens (tertiary/aromatic N) is 3. The summed E-state index contributed by atoms with van der Waals surface area (Å²) in [6, 6.07) is 8.80. The molecule has 2 aromatic heterocycles. The average Bonchev–Trinajstić information content (AvgIpc) is 3.35. The van der Waals surface area contributed by atoms with E-state index >= 15 is 0 Å². The fourth-order valence-electron chi connectivity index (χ4n) is 4.81. The largest absolute Gasteiger partial charge is 0.372 e. The highest BCUT2D eigenvalue weighted by molar-refractivity contribution is 7.19. The van der Waals surface area contributed by atoms with Crippen molar-refractivity contribution < 1.29 is 0 Å². The summed E-state index contributed by atoms with van der Waals surface area (Å²) in [5.41, 5.74) is 4.25. The van der Waals surface area contributed by atoms with Gasteiger partial charge in [0, 0.05) is 29.3 Å². The van der Waals surface area contributed by atoms with Crippen LogP contribution in [0, 0.1) is 11.3 Å². The van der Waals surface area contributed by atoms with E-state index in [-0.39, 0.29) is 0 Å². The van der Waals surface area contributed by atoms with Crippen LogP contribution in [0.1, 0.15) is 50.5 Å². The first-order valence-corrected chi connectivity index (χ1v) is 11.7. The number of fused-ring (bicyclic) bond motifs is 3. The van der Waals surface area contributed by atoms with E-state index in [2.05, 4.69) is 65.2 Å². The minimum Gasteiger partial charge on any atom is -0.372 e. The molecule has 0 bridgehead atoms. The number of nitrogens with one attached hydrogen (secondary N) is 1. The van der Waals surface area contributed by atoms with Crippen LogP contribution in [0.4, 0.5) is 17.2 Å². The molecule has 0 spiro atoms. The minimum atomic E-state index is 0.359. The highest BCUT2D eigenvalue weighted by Gasteiger charge is 2.31. The van der Waals surface area contributed by atoms with Crippen LogP contribution >= 0.6 is 11.3 Å². The quantitative estimate of drug-likeness (QED) is 0.563. The first-order chi connectivity index (χ1) is 14.0. The Hall–Kier alpha value is -2.14. The van der Waals surface area contributed by atoms with E-state index in [0.717, 1.165) is 28.7 Å². The molecular formula is C24H30N4S. The third-order valence-electron chi connectivity index (χ3n) is 6.67. The highest BCUT2D eigenvalue weighted by atomic mass is 32.1. The molecule has 5 rings (SSSR count). The molecule has 0 amide bonds. The van der Waals surface area contributed by atoms with Gasteiger partial charge < -0.3 is 10.2 Å². The van der Waals surface area contributed by atoms with E-state index in [4.69, 9.17) is 0 Å². The Labute approximate surface area is 177 Å². The molecule has 3 heterocycles. The maximum absolute atomic E-state index is 4.62. The van der Waals surface area contributed by atoms with Gasteiger partial charge in [0.1, 0.15) is 17.0 Å². The zero-order chi connectivity index (χ0) is 20.0. The molecule has 1 aliphatic heterocycles. The fraction of sp³-hybridized carbons (Fsp3) is 0.500. The van der Waals surface area contributed by atoms with E-state index in [9.17, 15) is 0 Å². The summed E-state index contributed by atoms with van der Waals surface area (Å²) in [4.78, 5) is 14.3. The molecule has 152 valence electrons. The second kappa shape index (κ2) is 7.28. The van der Waals surface area contributed by atoms with E-state index < -0.39 is 0 Å². The number of benzene rings is 1. The molecule has 0 saturated carbocycles. The lowest BCUT2D eigenvalue weighted by molar-refractivity contribution is 0.218. The van der Waals surface area contributed by atoms with Gasteiger partial charge in [-0.05, 0) is 73.3 Å². The molecule has 1 unspecified atom stereocenters. The van der Waals surface area contributed by atoms with Gasteiger partial charge in [0.15, 0.2) is 0 Å². The van der Waals surface area contributed by atoms with Crippen LogP contribution in [0.2, 0.25) is 0 Å². The predicted octanol–water partition coefficient (Wildman–Crippen LogP) is 6.19. The van der Waals surface area contributed by atoms with Gasteiger partial charge in [0.25, 0.3) is 0 Å². The lowest BCUT2D eigenvalue weighted by Crippen LogP contribution is -2.26. The standard InChI is InChI=1S/C24H30N4S/c1-24(2,3)16-6-11-19-20(14-16)29-23-21(19)22(25-15-26-23)27-17-7-9-18(10-8-17)28-12-4-5-13-28/h7-10,15-16H,4-6,11-14H2,1-3H3,(H,25,26,27).